The molecular weight excluding hydrogens is 357 g/mol. The van der Waals surface area contributed by atoms with E-state index < -0.39 is 3.12 Å². The van der Waals surface area contributed by atoms with Crippen LogP contribution in [0.2, 0.25) is 0 Å². The van der Waals surface area contributed by atoms with Crippen LogP contribution in [0.15, 0.2) is 30.3 Å². The van der Waals surface area contributed by atoms with Gasteiger partial charge < -0.3 is 4.74 Å². The summed E-state index contributed by atoms with van der Waals surface area (Å²) in [5.74, 6) is 0. The van der Waals surface area contributed by atoms with Crippen LogP contribution in [0, 0.1) is 0 Å². The zero-order valence-electron chi connectivity index (χ0n) is 11.1. The van der Waals surface area contributed by atoms with E-state index >= 15 is 0 Å². The largest absolute Gasteiger partial charge is 0.385 e. The lowest BCUT2D eigenvalue weighted by molar-refractivity contribution is 0.182. The van der Waals surface area contributed by atoms with Crippen LogP contribution in [-0.2, 0) is 4.74 Å². The van der Waals surface area contributed by atoms with Gasteiger partial charge in [-0.25, -0.2) is 4.79 Å². The molecule has 1 aromatic carbocycles. The first-order chi connectivity index (χ1) is 9.92. The third kappa shape index (κ3) is 4.55. The fraction of sp³-hybridized carbons (Fsp3) is 0.417. The molecule has 0 radical (unpaired) electrons. The van der Waals surface area contributed by atoms with Crippen molar-refractivity contribution >= 4 is 58.5 Å². The number of nitrogens with zero attached hydrogens (tertiary/aromatic N) is 2. The molecule has 2 rings (SSSR count). The van der Waals surface area contributed by atoms with Crippen molar-refractivity contribution in [2.24, 2.45) is 0 Å². The maximum Gasteiger partial charge on any atom is 0.350 e. The number of urea groups is 1. The third-order valence-electron chi connectivity index (χ3n) is 2.78. The summed E-state index contributed by atoms with van der Waals surface area (Å²) < 4.78 is 4.69. The molecule has 1 fully saturated rings. The number of ether oxygens (including phenoxy) is 1. The van der Waals surface area contributed by atoms with Crippen molar-refractivity contribution in [3.63, 3.8) is 0 Å². The average molecular weight is 371 g/mol. The van der Waals surface area contributed by atoms with Gasteiger partial charge in [-0.15, -0.1) is 0 Å². The minimum Gasteiger partial charge on any atom is -0.385 e. The predicted molar refractivity (Wildman–Crippen MR) is 87.5 cm³/mol. The van der Waals surface area contributed by atoms with Gasteiger partial charge in [-0.3, -0.25) is 4.90 Å². The molecule has 9 heteroatoms. The fourth-order valence-corrected chi connectivity index (χ4v) is 3.12. The van der Waals surface area contributed by atoms with Crippen molar-refractivity contribution in [2.45, 2.75) is 15.7 Å². The Morgan fingerprint density at radius 3 is 2.57 bits per heavy atom. The molecule has 1 aliphatic rings. The summed E-state index contributed by atoms with van der Waals surface area (Å²) in [6.45, 7) is 0.501. The van der Waals surface area contributed by atoms with E-state index in [0.29, 0.717) is 13.0 Å². The highest BCUT2D eigenvalue weighted by Gasteiger charge is 2.41. The highest BCUT2D eigenvalue weighted by Crippen LogP contribution is 2.42. The number of nitrogens with one attached hydrogen (secondary N) is 1. The maximum atomic E-state index is 12.5. The van der Waals surface area contributed by atoms with Crippen LogP contribution in [0.5, 0.6) is 0 Å². The van der Waals surface area contributed by atoms with Gasteiger partial charge in [0.05, 0.1) is 0 Å². The molecule has 0 saturated carbocycles. The van der Waals surface area contributed by atoms with Gasteiger partial charge in [0.1, 0.15) is 6.17 Å². The van der Waals surface area contributed by atoms with Crippen molar-refractivity contribution in [3.8, 4) is 0 Å². The van der Waals surface area contributed by atoms with Crippen LogP contribution >= 0.6 is 46.8 Å². The van der Waals surface area contributed by atoms with Crippen LogP contribution < -0.4 is 10.3 Å². The van der Waals surface area contributed by atoms with E-state index in [1.165, 1.54) is 4.41 Å². The summed E-state index contributed by atoms with van der Waals surface area (Å²) in [6, 6.07) is 9.02. The van der Waals surface area contributed by atoms with E-state index in [2.05, 4.69) is 5.43 Å². The van der Waals surface area contributed by atoms with E-state index in [-0.39, 0.29) is 12.2 Å². The number of hydrazine groups is 1. The first-order valence-corrected chi connectivity index (χ1v) is 8.02. The Morgan fingerprint density at radius 2 is 2.00 bits per heavy atom. The molecular formula is C12H14Cl3N3O2S. The summed E-state index contributed by atoms with van der Waals surface area (Å²) in [6.07, 6.45) is 0.341. The van der Waals surface area contributed by atoms with Gasteiger partial charge in [0.25, 0.3) is 3.12 Å². The van der Waals surface area contributed by atoms with Gasteiger partial charge in [-0.2, -0.15) is 9.84 Å². The first kappa shape index (κ1) is 17.0. The van der Waals surface area contributed by atoms with E-state index in [9.17, 15) is 4.79 Å². The third-order valence-corrected chi connectivity index (χ3v) is 4.05. The Kier molecular flexibility index (Phi) is 5.88. The smallest absolute Gasteiger partial charge is 0.350 e. The van der Waals surface area contributed by atoms with Crippen LogP contribution in [0.3, 0.4) is 0 Å². The number of methoxy groups -OCH3 is 1. The molecule has 2 amide bonds. The number of amides is 2. The molecule has 0 aromatic heterocycles. The number of alkyl halides is 3. The van der Waals surface area contributed by atoms with E-state index in [0.717, 1.165) is 17.6 Å². The van der Waals surface area contributed by atoms with Gasteiger partial charge in [-0.05, 0) is 12.1 Å². The molecule has 1 heterocycles. The number of hydrogen-bond acceptors (Lipinski definition) is 4. The predicted octanol–water partition coefficient (Wildman–Crippen LogP) is 3.77. The second-order valence-corrected chi connectivity index (χ2v) is 8.36. The normalized spacial score (nSPS) is 19.4. The number of rotatable bonds is 5. The lowest BCUT2D eigenvalue weighted by Crippen LogP contribution is -2.38. The van der Waals surface area contributed by atoms with Gasteiger partial charge >= 0.3 is 6.03 Å². The zero-order chi connectivity index (χ0) is 15.5. The number of carbonyl (C=O) groups excluding carboxylic acids is 1. The van der Waals surface area contributed by atoms with Crippen LogP contribution in [0.1, 0.15) is 6.42 Å². The average Bonchev–Trinajstić information content (AvgIpc) is 2.72. The second-order valence-electron chi connectivity index (χ2n) is 4.25. The van der Waals surface area contributed by atoms with Crippen molar-refractivity contribution < 1.29 is 9.53 Å². The Labute approximate surface area is 142 Å². The van der Waals surface area contributed by atoms with Gasteiger partial charge in [-0.1, -0.05) is 53.0 Å². The highest BCUT2D eigenvalue weighted by atomic mass is 35.6. The number of benzene rings is 1. The monoisotopic (exact) mass is 369 g/mol. The van der Waals surface area contributed by atoms with Gasteiger partial charge in [0.2, 0.25) is 0 Å². The van der Waals surface area contributed by atoms with Crippen LogP contribution in [-0.4, -0.2) is 33.5 Å². The molecule has 0 spiro atoms. The zero-order valence-corrected chi connectivity index (χ0v) is 14.2. The lowest BCUT2D eigenvalue weighted by Gasteiger charge is -2.21. The number of carbonyl (C=O) groups is 1. The van der Waals surface area contributed by atoms with Crippen molar-refractivity contribution in [1.29, 1.82) is 0 Å². The quantitative estimate of drug-likeness (QED) is 0.633. The standard InChI is InChI=1S/C12H14Cl3N3O2S/c1-20-8-7-10-16-18(21-12(13,14)15)11(19)17(10)9-5-3-2-4-6-9/h2-6,10,16H,7-8H2,1H3. The molecule has 1 unspecified atom stereocenters. The van der Waals surface area contributed by atoms with Crippen molar-refractivity contribution in [3.05, 3.63) is 30.3 Å². The highest BCUT2D eigenvalue weighted by molar-refractivity contribution is 8.03. The molecule has 1 saturated heterocycles. The summed E-state index contributed by atoms with van der Waals surface area (Å²) in [5, 5.41) is 0. The minimum absolute atomic E-state index is 0.264. The fourth-order valence-electron chi connectivity index (χ4n) is 1.95. The maximum absolute atomic E-state index is 12.5. The van der Waals surface area contributed by atoms with E-state index in [1.807, 2.05) is 30.3 Å². The van der Waals surface area contributed by atoms with Crippen LogP contribution in [0.25, 0.3) is 0 Å². The lowest BCUT2D eigenvalue weighted by atomic mass is 10.2. The molecule has 1 atom stereocenters. The molecule has 1 aromatic rings. The topological polar surface area (TPSA) is 44.8 Å². The number of para-hydroxylation sites is 1. The van der Waals surface area contributed by atoms with Gasteiger partial charge in [0, 0.05) is 37.8 Å². The molecule has 1 aliphatic heterocycles. The number of anilines is 1. The van der Waals surface area contributed by atoms with E-state index in [1.54, 1.807) is 12.0 Å². The Balaban J connectivity index is 2.20. The molecule has 0 bridgehead atoms. The number of hydrogen-bond donors (Lipinski definition) is 1. The summed E-state index contributed by atoms with van der Waals surface area (Å²) >= 11 is 18.0. The molecule has 5 nitrogen and oxygen atoms in total. The first-order valence-electron chi connectivity index (χ1n) is 6.11. The summed E-state index contributed by atoms with van der Waals surface area (Å²) in [5.41, 5.74) is 3.79. The Hall–Kier alpha value is -0.370. The summed E-state index contributed by atoms with van der Waals surface area (Å²) in [7, 11) is 1.61. The van der Waals surface area contributed by atoms with Crippen molar-refractivity contribution in [2.75, 3.05) is 18.6 Å². The molecule has 1 N–H and O–H groups in total. The second kappa shape index (κ2) is 7.26. The van der Waals surface area contributed by atoms with Crippen molar-refractivity contribution in [1.82, 2.24) is 9.84 Å². The summed E-state index contributed by atoms with van der Waals surface area (Å²) in [4.78, 5) is 14.1. The molecule has 21 heavy (non-hydrogen) atoms. The van der Waals surface area contributed by atoms with E-state index in [4.69, 9.17) is 39.5 Å². The molecule has 0 aliphatic carbocycles. The number of halogens is 3. The Morgan fingerprint density at radius 1 is 1.33 bits per heavy atom. The Bertz CT molecular complexity index is 486. The minimum atomic E-state index is -1.62. The van der Waals surface area contributed by atoms with Crippen LogP contribution in [0.4, 0.5) is 10.5 Å². The van der Waals surface area contributed by atoms with Gasteiger partial charge in [0.15, 0.2) is 0 Å². The molecule has 116 valence electrons. The SMILES string of the molecule is COCCC1NN(SC(Cl)(Cl)Cl)C(=O)N1c1ccccc1.